The van der Waals surface area contributed by atoms with Crippen LogP contribution in [0.4, 0.5) is 16.3 Å². The van der Waals surface area contributed by atoms with Crippen LogP contribution in [-0.2, 0) is 4.74 Å². The van der Waals surface area contributed by atoms with Crippen LogP contribution in [0.2, 0.25) is 0 Å². The second-order valence-corrected chi connectivity index (χ2v) is 7.77. The second kappa shape index (κ2) is 9.36. The summed E-state index contributed by atoms with van der Waals surface area (Å²) in [6, 6.07) is 9.31. The number of carbonyl (C=O) groups is 1. The Morgan fingerprint density at radius 1 is 1.32 bits per heavy atom. The van der Waals surface area contributed by atoms with Gasteiger partial charge in [0, 0.05) is 43.3 Å². The first-order valence-electron chi connectivity index (χ1n) is 10.0. The molecular weight excluding hydrogens is 414 g/mol. The average molecular weight is 440 g/mol. The van der Waals surface area contributed by atoms with Crippen LogP contribution in [0.5, 0.6) is 0 Å². The van der Waals surface area contributed by atoms with E-state index in [-0.39, 0.29) is 17.3 Å². The molecule has 0 aliphatic carbocycles. The highest BCUT2D eigenvalue weighted by molar-refractivity contribution is 7.80. The summed E-state index contributed by atoms with van der Waals surface area (Å²) in [4.78, 5) is 30.8. The van der Waals surface area contributed by atoms with Gasteiger partial charge in [0.2, 0.25) is 0 Å². The summed E-state index contributed by atoms with van der Waals surface area (Å²) in [5.41, 5.74) is 2.28. The number of nitrogens with zero attached hydrogens (tertiary/aromatic N) is 4. The van der Waals surface area contributed by atoms with Crippen molar-refractivity contribution in [1.82, 2.24) is 25.3 Å². The quantitative estimate of drug-likeness (QED) is 0.456. The van der Waals surface area contributed by atoms with E-state index in [9.17, 15) is 4.79 Å². The smallest absolute Gasteiger partial charge is 0.318 e. The molecule has 2 aromatic heterocycles. The molecule has 1 aromatic carbocycles. The number of urea groups is 1. The lowest BCUT2D eigenvalue weighted by Crippen LogP contribution is -2.44. The maximum absolute atomic E-state index is 11.5. The number of hydrogen-bond acceptors (Lipinski definition) is 7. The van der Waals surface area contributed by atoms with E-state index in [2.05, 4.69) is 32.4 Å². The Kier molecular flexibility index (Phi) is 6.38. The van der Waals surface area contributed by atoms with Gasteiger partial charge in [0.15, 0.2) is 5.82 Å². The third-order valence-electron chi connectivity index (χ3n) is 5.08. The number of nitrogens with one attached hydrogen (secondary N) is 3. The number of carbonyl (C=O) groups excluding carboxylic acids is 1. The Morgan fingerprint density at radius 3 is 2.81 bits per heavy atom. The molecule has 31 heavy (non-hydrogen) atoms. The number of hydrogen-bond donors (Lipinski definition) is 4. The van der Waals surface area contributed by atoms with Gasteiger partial charge >= 0.3 is 6.03 Å². The summed E-state index contributed by atoms with van der Waals surface area (Å²) in [6.45, 7) is 4.17. The van der Waals surface area contributed by atoms with Crippen molar-refractivity contribution in [2.45, 2.75) is 18.2 Å². The molecule has 2 amide bonds. The lowest BCUT2D eigenvalue weighted by atomic mass is 10.1. The number of benzene rings is 1. The average Bonchev–Trinajstić information content (AvgIpc) is 3.34. The van der Waals surface area contributed by atoms with E-state index in [1.54, 1.807) is 19.4 Å². The molecule has 3 aromatic rings. The van der Waals surface area contributed by atoms with Gasteiger partial charge in [-0.1, -0.05) is 0 Å². The monoisotopic (exact) mass is 439 g/mol. The third-order valence-corrected chi connectivity index (χ3v) is 5.59. The van der Waals surface area contributed by atoms with Crippen molar-refractivity contribution in [2.75, 3.05) is 37.0 Å². The van der Waals surface area contributed by atoms with Gasteiger partial charge in [0.05, 0.1) is 24.9 Å². The van der Waals surface area contributed by atoms with Gasteiger partial charge in [-0.3, -0.25) is 0 Å². The number of anilines is 2. The third kappa shape index (κ3) is 4.80. The van der Waals surface area contributed by atoms with Crippen molar-refractivity contribution in [1.29, 1.82) is 0 Å². The molecule has 1 fully saturated rings. The number of H-pyrrole nitrogens is 1. The Balaban J connectivity index is 1.71. The summed E-state index contributed by atoms with van der Waals surface area (Å²) in [5, 5.41) is 4.96. The number of amides is 2. The standard InChI is InChI=1S/C21H25N7O2S/c1-13-12-30-10-9-28(13)17-11-16(18(31)20-23-7-8-24-20)26-19(27-17)14-3-5-15(6-4-14)25-21(29)22-2/h3-8,11,13,18,31H,9-10,12H2,1-2H3,(H,23,24)(H2,22,25,29)/t13-,18?/m0/s1. The van der Waals surface area contributed by atoms with Gasteiger partial charge in [0.25, 0.3) is 0 Å². The van der Waals surface area contributed by atoms with E-state index in [4.69, 9.17) is 27.3 Å². The lowest BCUT2D eigenvalue weighted by molar-refractivity contribution is 0.0985. The van der Waals surface area contributed by atoms with Gasteiger partial charge in [-0.05, 0) is 31.2 Å². The van der Waals surface area contributed by atoms with Gasteiger partial charge in [0.1, 0.15) is 16.9 Å². The zero-order chi connectivity index (χ0) is 21.8. The van der Waals surface area contributed by atoms with Gasteiger partial charge in [-0.25, -0.2) is 19.7 Å². The minimum absolute atomic E-state index is 0.200. The first-order valence-corrected chi connectivity index (χ1v) is 10.6. The summed E-state index contributed by atoms with van der Waals surface area (Å²) >= 11 is 4.75. The van der Waals surface area contributed by atoms with E-state index >= 15 is 0 Å². The second-order valence-electron chi connectivity index (χ2n) is 7.25. The summed E-state index contributed by atoms with van der Waals surface area (Å²) in [7, 11) is 1.57. The van der Waals surface area contributed by atoms with Crippen molar-refractivity contribution < 1.29 is 9.53 Å². The number of rotatable bonds is 5. The molecule has 1 aliphatic heterocycles. The molecule has 162 valence electrons. The summed E-state index contributed by atoms with van der Waals surface area (Å²) in [5.74, 6) is 2.14. The fourth-order valence-electron chi connectivity index (χ4n) is 3.40. The van der Waals surface area contributed by atoms with Crippen LogP contribution in [0.3, 0.4) is 0 Å². The largest absolute Gasteiger partial charge is 0.377 e. The Morgan fingerprint density at radius 2 is 2.13 bits per heavy atom. The molecule has 0 radical (unpaired) electrons. The number of imidazole rings is 1. The number of thiol groups is 1. The SMILES string of the molecule is CNC(=O)Nc1ccc(-c2nc(C(S)c3ncc[nH]3)cc(N3CCOC[C@@H]3C)n2)cc1. The molecule has 10 heteroatoms. The lowest BCUT2D eigenvalue weighted by Gasteiger charge is -2.34. The van der Waals surface area contributed by atoms with Crippen molar-refractivity contribution in [3.8, 4) is 11.4 Å². The van der Waals surface area contributed by atoms with Crippen LogP contribution in [0.25, 0.3) is 11.4 Å². The Bertz CT molecular complexity index is 1030. The summed E-state index contributed by atoms with van der Waals surface area (Å²) in [6.07, 6.45) is 3.47. The maximum Gasteiger partial charge on any atom is 0.318 e. The Hall–Kier alpha value is -3.11. The Labute approximate surface area is 186 Å². The van der Waals surface area contributed by atoms with E-state index in [0.29, 0.717) is 24.7 Å². The van der Waals surface area contributed by atoms with Crippen molar-refractivity contribution in [3.05, 3.63) is 54.2 Å². The normalized spacial score (nSPS) is 17.3. The number of ether oxygens (including phenoxy) is 1. The molecule has 0 bridgehead atoms. The van der Waals surface area contributed by atoms with Gasteiger partial charge in [-0.2, -0.15) is 12.6 Å². The van der Waals surface area contributed by atoms with E-state index < -0.39 is 0 Å². The topological polar surface area (TPSA) is 108 Å². The van der Waals surface area contributed by atoms with Crippen LogP contribution < -0.4 is 15.5 Å². The minimum Gasteiger partial charge on any atom is -0.377 e. The zero-order valence-corrected chi connectivity index (χ0v) is 18.3. The van der Waals surface area contributed by atoms with E-state index in [0.717, 1.165) is 29.4 Å². The molecule has 0 spiro atoms. The van der Waals surface area contributed by atoms with Crippen molar-refractivity contribution >= 4 is 30.2 Å². The van der Waals surface area contributed by atoms with Gasteiger partial charge in [-0.15, -0.1) is 0 Å². The molecule has 2 atom stereocenters. The predicted molar refractivity (Wildman–Crippen MR) is 123 cm³/mol. The summed E-state index contributed by atoms with van der Waals surface area (Å²) < 4.78 is 5.58. The molecule has 4 rings (SSSR count). The molecule has 3 N–H and O–H groups in total. The highest BCUT2D eigenvalue weighted by Crippen LogP contribution is 2.30. The molecule has 1 unspecified atom stereocenters. The van der Waals surface area contributed by atoms with E-state index in [1.807, 2.05) is 30.3 Å². The molecule has 1 saturated heterocycles. The number of morpholine rings is 1. The predicted octanol–water partition coefficient (Wildman–Crippen LogP) is 2.86. The number of aromatic amines is 1. The first-order chi connectivity index (χ1) is 15.0. The number of aromatic nitrogens is 4. The van der Waals surface area contributed by atoms with Gasteiger partial charge < -0.3 is 25.3 Å². The minimum atomic E-state index is -0.318. The zero-order valence-electron chi connectivity index (χ0n) is 17.4. The molecule has 9 nitrogen and oxygen atoms in total. The van der Waals surface area contributed by atoms with Crippen LogP contribution >= 0.6 is 12.6 Å². The molecule has 1 aliphatic rings. The highest BCUT2D eigenvalue weighted by atomic mass is 32.1. The maximum atomic E-state index is 11.5. The van der Waals surface area contributed by atoms with Crippen LogP contribution in [-0.4, -0.2) is 58.8 Å². The van der Waals surface area contributed by atoms with Crippen molar-refractivity contribution in [2.24, 2.45) is 0 Å². The van der Waals surface area contributed by atoms with Crippen LogP contribution in [0.1, 0.15) is 23.7 Å². The van der Waals surface area contributed by atoms with Crippen LogP contribution in [0, 0.1) is 0 Å². The van der Waals surface area contributed by atoms with Crippen molar-refractivity contribution in [3.63, 3.8) is 0 Å². The first kappa shape index (κ1) is 21.1. The molecule has 3 heterocycles. The van der Waals surface area contributed by atoms with E-state index in [1.165, 1.54) is 0 Å². The van der Waals surface area contributed by atoms with Crippen LogP contribution in [0.15, 0.2) is 42.7 Å². The fourth-order valence-corrected chi connectivity index (χ4v) is 3.67. The highest BCUT2D eigenvalue weighted by Gasteiger charge is 2.24. The molecular formula is C21H25N7O2S. The molecule has 0 saturated carbocycles. The fraction of sp³-hybridized carbons (Fsp3) is 0.333.